The second-order valence-electron chi connectivity index (χ2n) is 5.17. The molecule has 1 aromatic rings. The molecule has 1 N–H and O–H groups in total. The summed E-state index contributed by atoms with van der Waals surface area (Å²) in [6.07, 6.45) is 2.29. The summed E-state index contributed by atoms with van der Waals surface area (Å²) >= 11 is 0. The zero-order valence-electron chi connectivity index (χ0n) is 11.1. The molecule has 0 aliphatic carbocycles. The van der Waals surface area contributed by atoms with Crippen LogP contribution >= 0.6 is 0 Å². The molecule has 0 saturated carbocycles. The van der Waals surface area contributed by atoms with Gasteiger partial charge in [0.25, 0.3) is 0 Å². The summed E-state index contributed by atoms with van der Waals surface area (Å²) in [7, 11) is 0. The first-order chi connectivity index (χ1) is 9.11. The molecule has 19 heavy (non-hydrogen) atoms. The molecule has 1 unspecified atom stereocenters. The number of carbonyl (C=O) groups is 1. The van der Waals surface area contributed by atoms with E-state index in [1.807, 2.05) is 19.1 Å². The lowest BCUT2D eigenvalue weighted by atomic mass is 9.83. The highest BCUT2D eigenvalue weighted by Gasteiger charge is 2.43. The van der Waals surface area contributed by atoms with Gasteiger partial charge in [0.15, 0.2) is 0 Å². The molecule has 4 heteroatoms. The quantitative estimate of drug-likeness (QED) is 0.901. The standard InChI is InChI=1S/C15H18N2O2/c1-2-7-15(14(18)19)8-9-17(11-15)13-5-3-12(10-16)4-6-13/h3-6H,2,7-9,11H2,1H3,(H,18,19). The van der Waals surface area contributed by atoms with Gasteiger partial charge < -0.3 is 10.0 Å². The Morgan fingerprint density at radius 2 is 2.16 bits per heavy atom. The Kier molecular flexibility index (Phi) is 3.75. The fraction of sp³-hybridized carbons (Fsp3) is 0.467. The third-order valence-electron chi connectivity index (χ3n) is 3.90. The van der Waals surface area contributed by atoms with Gasteiger partial charge in [-0.05, 0) is 37.1 Å². The highest BCUT2D eigenvalue weighted by Crippen LogP contribution is 2.37. The number of carboxylic acids is 1. The van der Waals surface area contributed by atoms with Crippen molar-refractivity contribution < 1.29 is 9.90 Å². The number of aliphatic carboxylic acids is 1. The summed E-state index contributed by atoms with van der Waals surface area (Å²) in [5.41, 5.74) is 1.02. The van der Waals surface area contributed by atoms with Crippen molar-refractivity contribution in [1.82, 2.24) is 0 Å². The Bertz CT molecular complexity index is 504. The van der Waals surface area contributed by atoms with E-state index in [1.54, 1.807) is 12.1 Å². The monoisotopic (exact) mass is 258 g/mol. The Morgan fingerprint density at radius 1 is 1.47 bits per heavy atom. The predicted molar refractivity (Wildman–Crippen MR) is 73.0 cm³/mol. The van der Waals surface area contributed by atoms with E-state index in [0.29, 0.717) is 18.5 Å². The summed E-state index contributed by atoms with van der Waals surface area (Å²) < 4.78 is 0. The van der Waals surface area contributed by atoms with Crippen LogP contribution in [0, 0.1) is 16.7 Å². The van der Waals surface area contributed by atoms with Gasteiger partial charge in [-0.1, -0.05) is 13.3 Å². The van der Waals surface area contributed by atoms with E-state index < -0.39 is 11.4 Å². The molecule has 4 nitrogen and oxygen atoms in total. The Labute approximate surface area is 113 Å². The van der Waals surface area contributed by atoms with Crippen LogP contribution in [0.5, 0.6) is 0 Å². The SMILES string of the molecule is CCCC1(C(=O)O)CCN(c2ccc(C#N)cc2)C1. The highest BCUT2D eigenvalue weighted by molar-refractivity contribution is 5.76. The summed E-state index contributed by atoms with van der Waals surface area (Å²) in [5.74, 6) is -0.689. The largest absolute Gasteiger partial charge is 0.481 e. The van der Waals surface area contributed by atoms with Gasteiger partial charge in [0, 0.05) is 18.8 Å². The van der Waals surface area contributed by atoms with Crippen LogP contribution in [0.15, 0.2) is 24.3 Å². The number of nitrogens with zero attached hydrogens (tertiary/aromatic N) is 2. The van der Waals surface area contributed by atoms with Gasteiger partial charge in [-0.15, -0.1) is 0 Å². The number of benzene rings is 1. The van der Waals surface area contributed by atoms with Gasteiger partial charge in [0.2, 0.25) is 0 Å². The molecular formula is C15H18N2O2. The zero-order chi connectivity index (χ0) is 13.9. The lowest BCUT2D eigenvalue weighted by Crippen LogP contribution is -2.34. The lowest BCUT2D eigenvalue weighted by molar-refractivity contribution is -0.148. The van der Waals surface area contributed by atoms with Crippen LogP contribution in [0.2, 0.25) is 0 Å². The van der Waals surface area contributed by atoms with Crippen molar-refractivity contribution in [3.8, 4) is 6.07 Å². The van der Waals surface area contributed by atoms with E-state index >= 15 is 0 Å². The average Bonchev–Trinajstić information content (AvgIpc) is 2.85. The number of anilines is 1. The number of hydrogen-bond donors (Lipinski definition) is 1. The van der Waals surface area contributed by atoms with Crippen molar-refractivity contribution in [2.45, 2.75) is 26.2 Å². The third-order valence-corrected chi connectivity index (χ3v) is 3.90. The molecule has 2 rings (SSSR count). The van der Waals surface area contributed by atoms with E-state index in [2.05, 4.69) is 11.0 Å². The molecule has 1 atom stereocenters. The first-order valence-corrected chi connectivity index (χ1v) is 6.60. The van der Waals surface area contributed by atoms with Crippen LogP contribution in [-0.4, -0.2) is 24.2 Å². The topological polar surface area (TPSA) is 64.3 Å². The molecule has 0 spiro atoms. The lowest BCUT2D eigenvalue weighted by Gasteiger charge is -2.25. The maximum absolute atomic E-state index is 11.5. The second-order valence-corrected chi connectivity index (χ2v) is 5.17. The van der Waals surface area contributed by atoms with Crippen LogP contribution in [-0.2, 0) is 4.79 Å². The number of rotatable bonds is 4. The van der Waals surface area contributed by atoms with E-state index in [-0.39, 0.29) is 0 Å². The second kappa shape index (κ2) is 5.31. The maximum atomic E-state index is 11.5. The maximum Gasteiger partial charge on any atom is 0.311 e. The number of carboxylic acid groups (broad SMARTS) is 1. The van der Waals surface area contributed by atoms with Gasteiger partial charge in [-0.25, -0.2) is 0 Å². The molecular weight excluding hydrogens is 240 g/mol. The van der Waals surface area contributed by atoms with Gasteiger partial charge in [-0.2, -0.15) is 5.26 Å². The fourth-order valence-electron chi connectivity index (χ4n) is 2.80. The highest BCUT2D eigenvalue weighted by atomic mass is 16.4. The van der Waals surface area contributed by atoms with E-state index in [1.165, 1.54) is 0 Å². The number of hydrogen-bond acceptors (Lipinski definition) is 3. The summed E-state index contributed by atoms with van der Waals surface area (Å²) in [6, 6.07) is 9.42. The molecule has 1 heterocycles. The van der Waals surface area contributed by atoms with Crippen molar-refractivity contribution >= 4 is 11.7 Å². The molecule has 100 valence electrons. The summed E-state index contributed by atoms with van der Waals surface area (Å²) in [4.78, 5) is 13.6. The normalized spacial score (nSPS) is 22.2. The van der Waals surface area contributed by atoms with Crippen LogP contribution < -0.4 is 4.90 Å². The zero-order valence-corrected chi connectivity index (χ0v) is 11.1. The van der Waals surface area contributed by atoms with Crippen molar-refractivity contribution in [2.24, 2.45) is 5.41 Å². The summed E-state index contributed by atoms with van der Waals surface area (Å²) in [5, 5.41) is 18.3. The Balaban J connectivity index is 2.16. The third kappa shape index (κ3) is 2.55. The fourth-order valence-corrected chi connectivity index (χ4v) is 2.80. The molecule has 0 amide bonds. The van der Waals surface area contributed by atoms with Gasteiger partial charge in [-0.3, -0.25) is 4.79 Å². The molecule has 1 fully saturated rings. The minimum Gasteiger partial charge on any atom is -0.481 e. The first kappa shape index (κ1) is 13.4. The van der Waals surface area contributed by atoms with Crippen molar-refractivity contribution in [2.75, 3.05) is 18.0 Å². The molecule has 0 bridgehead atoms. The summed E-state index contributed by atoms with van der Waals surface area (Å²) in [6.45, 7) is 3.34. The molecule has 1 aliphatic rings. The van der Waals surface area contributed by atoms with E-state index in [0.717, 1.165) is 25.1 Å². The molecule has 0 radical (unpaired) electrons. The molecule has 1 aromatic carbocycles. The molecule has 1 aliphatic heterocycles. The predicted octanol–water partition coefficient (Wildman–Crippen LogP) is 2.64. The average molecular weight is 258 g/mol. The van der Waals surface area contributed by atoms with Crippen LogP contribution in [0.25, 0.3) is 0 Å². The van der Waals surface area contributed by atoms with Gasteiger partial charge in [0.1, 0.15) is 0 Å². The molecule has 1 saturated heterocycles. The van der Waals surface area contributed by atoms with Gasteiger partial charge in [0.05, 0.1) is 17.0 Å². The van der Waals surface area contributed by atoms with Crippen LogP contribution in [0.4, 0.5) is 5.69 Å². The van der Waals surface area contributed by atoms with Crippen molar-refractivity contribution in [3.63, 3.8) is 0 Å². The van der Waals surface area contributed by atoms with Crippen molar-refractivity contribution in [3.05, 3.63) is 29.8 Å². The van der Waals surface area contributed by atoms with E-state index in [9.17, 15) is 9.90 Å². The van der Waals surface area contributed by atoms with E-state index in [4.69, 9.17) is 5.26 Å². The smallest absolute Gasteiger partial charge is 0.311 e. The van der Waals surface area contributed by atoms with Gasteiger partial charge >= 0.3 is 5.97 Å². The first-order valence-electron chi connectivity index (χ1n) is 6.60. The Morgan fingerprint density at radius 3 is 2.68 bits per heavy atom. The Hall–Kier alpha value is -2.02. The van der Waals surface area contributed by atoms with Crippen LogP contribution in [0.3, 0.4) is 0 Å². The minimum atomic E-state index is -0.689. The van der Waals surface area contributed by atoms with Crippen LogP contribution in [0.1, 0.15) is 31.7 Å². The minimum absolute atomic E-state index is 0.558. The molecule has 0 aromatic heterocycles. The van der Waals surface area contributed by atoms with Crippen molar-refractivity contribution in [1.29, 1.82) is 5.26 Å². The number of nitriles is 1.